The molecule has 0 spiro atoms. The molecule has 1 N–H and O–H groups in total. The quantitative estimate of drug-likeness (QED) is 0.274. The van der Waals surface area contributed by atoms with Crippen LogP contribution in [0.3, 0.4) is 0 Å². The SMILES string of the molecule is COc1c2occc2c(OC)c2c(=O)c(C(Nc3ccc(Br)cc3)P(=O)(OC)OC)coc12. The summed E-state index contributed by atoms with van der Waals surface area (Å²) < 4.78 is 47.2. The number of anilines is 1. The van der Waals surface area contributed by atoms with E-state index in [-0.39, 0.29) is 28.0 Å². The largest absolute Gasteiger partial charge is 0.495 e. The molecule has 4 rings (SSSR count). The average molecular weight is 538 g/mol. The zero-order chi connectivity index (χ0) is 23.8. The van der Waals surface area contributed by atoms with Crippen molar-refractivity contribution >= 4 is 51.2 Å². The average Bonchev–Trinajstić information content (AvgIpc) is 3.32. The second-order valence-corrected chi connectivity index (χ2v) is 10.2. The van der Waals surface area contributed by atoms with Crippen molar-refractivity contribution in [2.45, 2.75) is 5.78 Å². The molecule has 33 heavy (non-hydrogen) atoms. The fourth-order valence-corrected chi connectivity index (χ4v) is 5.32. The first-order valence-corrected chi connectivity index (χ1v) is 12.1. The molecule has 0 saturated carbocycles. The van der Waals surface area contributed by atoms with Crippen LogP contribution in [0.15, 0.2) is 61.0 Å². The monoisotopic (exact) mass is 537 g/mol. The summed E-state index contributed by atoms with van der Waals surface area (Å²) in [5, 5.41) is 3.73. The third-order valence-electron chi connectivity index (χ3n) is 5.25. The molecule has 174 valence electrons. The van der Waals surface area contributed by atoms with Gasteiger partial charge in [0.25, 0.3) is 0 Å². The predicted molar refractivity (Wildman–Crippen MR) is 127 cm³/mol. The Kier molecular flexibility index (Phi) is 6.54. The predicted octanol–water partition coefficient (Wildman–Crippen LogP) is 5.92. The minimum Gasteiger partial charge on any atom is -0.495 e. The minimum absolute atomic E-state index is 0.0284. The molecule has 4 aromatic rings. The lowest BCUT2D eigenvalue weighted by Crippen LogP contribution is -2.21. The summed E-state index contributed by atoms with van der Waals surface area (Å²) in [5.74, 6) is -0.684. The van der Waals surface area contributed by atoms with E-state index in [1.165, 1.54) is 41.0 Å². The molecule has 0 aliphatic heterocycles. The summed E-state index contributed by atoms with van der Waals surface area (Å²) in [7, 11) is 1.54. The zero-order valence-corrected chi connectivity index (χ0v) is 20.7. The van der Waals surface area contributed by atoms with Gasteiger partial charge in [0, 0.05) is 24.4 Å². The molecule has 0 aliphatic rings. The van der Waals surface area contributed by atoms with Crippen LogP contribution in [-0.4, -0.2) is 28.4 Å². The van der Waals surface area contributed by atoms with E-state index >= 15 is 0 Å². The van der Waals surface area contributed by atoms with E-state index in [9.17, 15) is 9.36 Å². The maximum Gasteiger partial charge on any atom is 0.356 e. The van der Waals surface area contributed by atoms with Gasteiger partial charge in [0.05, 0.1) is 31.4 Å². The fraction of sp³-hybridized carbons (Fsp3) is 0.227. The Morgan fingerprint density at radius 1 is 0.939 bits per heavy atom. The molecule has 0 aliphatic carbocycles. The molecule has 0 fully saturated rings. The Hall–Kier alpha value is -2.78. The Morgan fingerprint density at radius 3 is 2.21 bits per heavy atom. The maximum absolute atomic E-state index is 13.8. The molecule has 0 radical (unpaired) electrons. The van der Waals surface area contributed by atoms with Crippen molar-refractivity contribution in [2.75, 3.05) is 33.8 Å². The van der Waals surface area contributed by atoms with Crippen LogP contribution in [0.4, 0.5) is 5.69 Å². The van der Waals surface area contributed by atoms with Gasteiger partial charge in [0.2, 0.25) is 11.2 Å². The number of rotatable bonds is 8. The van der Waals surface area contributed by atoms with Gasteiger partial charge in [-0.25, -0.2) is 0 Å². The summed E-state index contributed by atoms with van der Waals surface area (Å²) >= 11 is 3.38. The Labute approximate surface area is 197 Å². The molecule has 2 aromatic heterocycles. The van der Waals surface area contributed by atoms with Crippen LogP contribution < -0.4 is 20.2 Å². The first-order chi connectivity index (χ1) is 15.9. The number of fused-ring (bicyclic) bond motifs is 2. The summed E-state index contributed by atoms with van der Waals surface area (Å²) in [4.78, 5) is 13.8. The number of nitrogens with one attached hydrogen (secondary N) is 1. The minimum atomic E-state index is -3.85. The normalized spacial score (nSPS) is 12.8. The van der Waals surface area contributed by atoms with Crippen molar-refractivity contribution in [3.05, 3.63) is 63.1 Å². The molecule has 0 saturated heterocycles. The Morgan fingerprint density at radius 2 is 1.61 bits per heavy atom. The van der Waals surface area contributed by atoms with Gasteiger partial charge in [-0.2, -0.15) is 0 Å². The number of furan rings is 1. The number of hydrogen-bond donors (Lipinski definition) is 1. The van der Waals surface area contributed by atoms with Crippen molar-refractivity contribution < 1.29 is 31.9 Å². The molecule has 9 nitrogen and oxygen atoms in total. The van der Waals surface area contributed by atoms with Crippen LogP contribution in [0, 0.1) is 0 Å². The van der Waals surface area contributed by atoms with E-state index in [0.717, 1.165) is 4.47 Å². The zero-order valence-electron chi connectivity index (χ0n) is 18.2. The first kappa shape index (κ1) is 23.4. The van der Waals surface area contributed by atoms with Crippen molar-refractivity contribution in [1.29, 1.82) is 0 Å². The molecule has 0 amide bonds. The van der Waals surface area contributed by atoms with Crippen molar-refractivity contribution in [2.24, 2.45) is 0 Å². The fourth-order valence-electron chi connectivity index (χ4n) is 3.66. The van der Waals surface area contributed by atoms with Crippen LogP contribution in [0.2, 0.25) is 0 Å². The lowest BCUT2D eigenvalue weighted by molar-refractivity contribution is 0.268. The van der Waals surface area contributed by atoms with Crippen molar-refractivity contribution in [3.63, 3.8) is 0 Å². The van der Waals surface area contributed by atoms with E-state index in [1.54, 1.807) is 30.3 Å². The highest BCUT2D eigenvalue weighted by atomic mass is 79.9. The van der Waals surface area contributed by atoms with Crippen LogP contribution >= 0.6 is 23.5 Å². The van der Waals surface area contributed by atoms with Gasteiger partial charge >= 0.3 is 7.60 Å². The Balaban J connectivity index is 2.01. The van der Waals surface area contributed by atoms with Crippen LogP contribution in [0.1, 0.15) is 11.3 Å². The number of ether oxygens (including phenoxy) is 2. The summed E-state index contributed by atoms with van der Waals surface area (Å²) in [6.07, 6.45) is 2.67. The first-order valence-electron chi connectivity index (χ1n) is 9.68. The molecule has 11 heteroatoms. The van der Waals surface area contributed by atoms with Crippen molar-refractivity contribution in [3.8, 4) is 11.5 Å². The smallest absolute Gasteiger partial charge is 0.356 e. The van der Waals surface area contributed by atoms with Gasteiger partial charge in [-0.3, -0.25) is 9.36 Å². The van der Waals surface area contributed by atoms with Gasteiger partial charge in [-0.1, -0.05) is 15.9 Å². The number of methoxy groups -OCH3 is 2. The number of halogens is 1. The molecule has 2 heterocycles. The highest BCUT2D eigenvalue weighted by Crippen LogP contribution is 2.59. The van der Waals surface area contributed by atoms with Gasteiger partial charge in [-0.05, 0) is 30.3 Å². The topological polar surface area (TPSA) is 109 Å². The maximum atomic E-state index is 13.8. The van der Waals surface area contributed by atoms with E-state index < -0.39 is 18.8 Å². The molecule has 1 atom stereocenters. The number of benzene rings is 2. The van der Waals surface area contributed by atoms with Gasteiger partial charge in [0.1, 0.15) is 17.4 Å². The summed E-state index contributed by atoms with van der Waals surface area (Å²) in [5.41, 5.74) is 0.644. The summed E-state index contributed by atoms with van der Waals surface area (Å²) in [6, 6.07) is 8.78. The third kappa shape index (κ3) is 3.93. The molecule has 1 unspecified atom stereocenters. The standard InChI is InChI=1S/C22H21BrNO8P/c1-27-18-14-9-10-31-19(14)21(28-2)20-16(18)17(25)15(11-32-20)22(33(26,29-3)30-4)24-13-7-5-12(23)6-8-13/h5-11,22,24H,1-4H3. The molecule has 2 aromatic carbocycles. The Bertz CT molecular complexity index is 1400. The van der Waals surface area contributed by atoms with Gasteiger partial charge < -0.3 is 32.7 Å². The summed E-state index contributed by atoms with van der Waals surface area (Å²) in [6.45, 7) is 0. The second-order valence-electron chi connectivity index (χ2n) is 6.91. The van der Waals surface area contributed by atoms with Crippen LogP contribution in [-0.2, 0) is 13.6 Å². The molecular formula is C22H21BrNO8P. The highest BCUT2D eigenvalue weighted by molar-refractivity contribution is 9.10. The van der Waals surface area contributed by atoms with Crippen LogP contribution in [0.5, 0.6) is 11.5 Å². The van der Waals surface area contributed by atoms with E-state index in [0.29, 0.717) is 16.7 Å². The molecular weight excluding hydrogens is 517 g/mol. The third-order valence-corrected chi connectivity index (χ3v) is 7.83. The highest BCUT2D eigenvalue weighted by Gasteiger charge is 2.39. The van der Waals surface area contributed by atoms with E-state index in [1.807, 2.05) is 0 Å². The number of hydrogen-bond acceptors (Lipinski definition) is 9. The van der Waals surface area contributed by atoms with Gasteiger partial charge in [-0.15, -0.1) is 0 Å². The molecule has 0 bridgehead atoms. The lowest BCUT2D eigenvalue weighted by atomic mass is 10.1. The van der Waals surface area contributed by atoms with Gasteiger partial charge in [0.15, 0.2) is 16.9 Å². The van der Waals surface area contributed by atoms with E-state index in [4.69, 9.17) is 27.4 Å². The van der Waals surface area contributed by atoms with E-state index in [2.05, 4.69) is 21.2 Å². The lowest BCUT2D eigenvalue weighted by Gasteiger charge is -2.26. The van der Waals surface area contributed by atoms with Crippen molar-refractivity contribution in [1.82, 2.24) is 0 Å². The van der Waals surface area contributed by atoms with Crippen LogP contribution in [0.25, 0.3) is 21.9 Å². The second kappa shape index (κ2) is 9.23.